The van der Waals surface area contributed by atoms with Crippen molar-refractivity contribution in [1.82, 2.24) is 10.2 Å². The molecule has 0 saturated carbocycles. The Labute approximate surface area is 212 Å². The summed E-state index contributed by atoms with van der Waals surface area (Å²) in [7, 11) is 1.77. The number of amides is 3. The molecule has 3 amide bonds. The van der Waals surface area contributed by atoms with Crippen molar-refractivity contribution >= 4 is 23.4 Å². The van der Waals surface area contributed by atoms with Gasteiger partial charge in [0.05, 0.1) is 24.1 Å². The molecule has 192 valence electrons. The number of carbonyl (C=O) groups is 3. The number of ether oxygens (including phenoxy) is 2. The zero-order valence-electron chi connectivity index (χ0n) is 21.2. The molecule has 3 atom stereocenters. The highest BCUT2D eigenvalue weighted by Gasteiger charge is 2.39. The third-order valence-corrected chi connectivity index (χ3v) is 6.80. The fourth-order valence-electron chi connectivity index (χ4n) is 4.66. The van der Waals surface area contributed by atoms with E-state index in [0.29, 0.717) is 30.0 Å². The molecule has 1 fully saturated rings. The van der Waals surface area contributed by atoms with Crippen LogP contribution in [0.1, 0.15) is 49.0 Å². The number of likely N-dealkylation sites (N-methyl/N-ethyl adjacent to an activating group) is 1. The summed E-state index contributed by atoms with van der Waals surface area (Å²) in [6.07, 6.45) is 1.92. The molecular formula is C28H35N3O5. The first-order valence-corrected chi connectivity index (χ1v) is 12.6. The van der Waals surface area contributed by atoms with Crippen LogP contribution in [0.4, 0.5) is 5.69 Å². The van der Waals surface area contributed by atoms with E-state index in [1.54, 1.807) is 30.1 Å². The quantitative estimate of drug-likeness (QED) is 0.616. The van der Waals surface area contributed by atoms with E-state index in [2.05, 4.69) is 10.6 Å². The second kappa shape index (κ2) is 11.6. The van der Waals surface area contributed by atoms with Gasteiger partial charge in [0.1, 0.15) is 18.5 Å². The van der Waals surface area contributed by atoms with Crippen molar-refractivity contribution in [2.45, 2.75) is 57.8 Å². The minimum absolute atomic E-state index is 0.0353. The number of benzene rings is 2. The number of hydrogen-bond donors (Lipinski definition) is 2. The van der Waals surface area contributed by atoms with Crippen LogP contribution in [-0.4, -0.2) is 61.1 Å². The summed E-state index contributed by atoms with van der Waals surface area (Å²) in [6.45, 7) is 4.49. The van der Waals surface area contributed by atoms with Crippen LogP contribution >= 0.6 is 0 Å². The first-order valence-electron chi connectivity index (χ1n) is 12.6. The van der Waals surface area contributed by atoms with Crippen molar-refractivity contribution in [2.24, 2.45) is 5.92 Å². The molecule has 0 unspecified atom stereocenters. The molecule has 2 aromatic carbocycles. The zero-order valence-corrected chi connectivity index (χ0v) is 21.2. The van der Waals surface area contributed by atoms with Gasteiger partial charge in [-0.3, -0.25) is 14.4 Å². The van der Waals surface area contributed by atoms with Gasteiger partial charge in [0.2, 0.25) is 11.8 Å². The van der Waals surface area contributed by atoms with Gasteiger partial charge in [-0.1, -0.05) is 44.2 Å². The van der Waals surface area contributed by atoms with Gasteiger partial charge in [0.25, 0.3) is 5.91 Å². The number of nitrogens with zero attached hydrogens (tertiary/aromatic N) is 1. The van der Waals surface area contributed by atoms with E-state index < -0.39 is 0 Å². The average molecular weight is 494 g/mol. The number of anilines is 1. The Bertz CT molecular complexity index is 1090. The standard InChI is InChI=1S/C28H35N3O5/c1-18(2)27(33)30-20-9-12-24-22(15-20)28(34)31(3)23-11-10-21(36-25(23)17-35-24)16-26(32)29-14-13-19-7-5-4-6-8-19/h4-9,12,15,18,21,23,25H,10-11,13-14,16-17H2,1-3H3,(H,29,32)(H,30,33)/t21-,23+,25-/m0/s1. The normalized spacial score (nSPS) is 21.5. The SMILES string of the molecule is CC(C)C(=O)Nc1ccc2c(c1)C(=O)N(C)[C@@H]1CC[C@@H](CC(=O)NCCc3ccccc3)O[C@H]1CO2. The maximum absolute atomic E-state index is 13.3. The molecule has 36 heavy (non-hydrogen) atoms. The van der Waals surface area contributed by atoms with E-state index >= 15 is 0 Å². The summed E-state index contributed by atoms with van der Waals surface area (Å²) in [5, 5.41) is 5.82. The molecule has 1 saturated heterocycles. The van der Waals surface area contributed by atoms with Crippen molar-refractivity contribution in [2.75, 3.05) is 25.5 Å². The predicted octanol–water partition coefficient (Wildman–Crippen LogP) is 3.41. The van der Waals surface area contributed by atoms with Gasteiger partial charge in [-0.05, 0) is 43.0 Å². The summed E-state index contributed by atoms with van der Waals surface area (Å²) in [5.74, 6) is -0.0377. The third-order valence-electron chi connectivity index (χ3n) is 6.80. The molecule has 2 aromatic rings. The fraction of sp³-hybridized carbons (Fsp3) is 0.464. The smallest absolute Gasteiger partial charge is 0.257 e. The van der Waals surface area contributed by atoms with Crippen molar-refractivity contribution in [3.8, 4) is 5.75 Å². The monoisotopic (exact) mass is 493 g/mol. The molecular weight excluding hydrogens is 458 g/mol. The lowest BCUT2D eigenvalue weighted by Gasteiger charge is -2.42. The van der Waals surface area contributed by atoms with Crippen LogP contribution in [0.3, 0.4) is 0 Å². The number of rotatable bonds is 7. The maximum atomic E-state index is 13.3. The van der Waals surface area contributed by atoms with Crippen LogP contribution in [-0.2, 0) is 20.7 Å². The minimum atomic E-state index is -0.330. The second-order valence-electron chi connectivity index (χ2n) is 9.81. The van der Waals surface area contributed by atoms with E-state index in [-0.39, 0.29) is 54.9 Å². The number of hydrogen-bond acceptors (Lipinski definition) is 5. The minimum Gasteiger partial charge on any atom is -0.490 e. The summed E-state index contributed by atoms with van der Waals surface area (Å²) in [4.78, 5) is 39.6. The Kier molecular flexibility index (Phi) is 8.25. The Morgan fingerprint density at radius 3 is 2.64 bits per heavy atom. The number of carbonyl (C=O) groups excluding carboxylic acids is 3. The molecule has 8 heteroatoms. The molecule has 0 aromatic heterocycles. The summed E-state index contributed by atoms with van der Waals surface area (Å²) in [5.41, 5.74) is 2.16. The van der Waals surface area contributed by atoms with E-state index in [9.17, 15) is 14.4 Å². The van der Waals surface area contributed by atoms with Crippen LogP contribution < -0.4 is 15.4 Å². The lowest BCUT2D eigenvalue weighted by atomic mass is 9.94. The maximum Gasteiger partial charge on any atom is 0.257 e. The lowest BCUT2D eigenvalue weighted by Crippen LogP contribution is -2.54. The molecule has 2 aliphatic rings. The van der Waals surface area contributed by atoms with E-state index in [0.717, 1.165) is 12.8 Å². The highest BCUT2D eigenvalue weighted by atomic mass is 16.5. The summed E-state index contributed by atoms with van der Waals surface area (Å²) >= 11 is 0. The molecule has 8 nitrogen and oxygen atoms in total. The largest absolute Gasteiger partial charge is 0.490 e. The van der Waals surface area contributed by atoms with Crippen LogP contribution in [0.5, 0.6) is 5.75 Å². The Hall–Kier alpha value is -3.39. The fourth-order valence-corrected chi connectivity index (χ4v) is 4.66. The molecule has 0 bridgehead atoms. The van der Waals surface area contributed by atoms with Gasteiger partial charge in [0.15, 0.2) is 0 Å². The topological polar surface area (TPSA) is 97.0 Å². The molecule has 2 N–H and O–H groups in total. The van der Waals surface area contributed by atoms with E-state index in [1.807, 2.05) is 44.2 Å². The zero-order chi connectivity index (χ0) is 25.7. The molecule has 0 spiro atoms. The van der Waals surface area contributed by atoms with Crippen LogP contribution in [0.25, 0.3) is 0 Å². The van der Waals surface area contributed by atoms with Gasteiger partial charge in [-0.15, -0.1) is 0 Å². The van der Waals surface area contributed by atoms with E-state index in [1.165, 1.54) is 5.56 Å². The van der Waals surface area contributed by atoms with Gasteiger partial charge in [-0.2, -0.15) is 0 Å². The van der Waals surface area contributed by atoms with Gasteiger partial charge in [0, 0.05) is 25.2 Å². The van der Waals surface area contributed by atoms with Crippen molar-refractivity contribution in [3.05, 3.63) is 59.7 Å². The first kappa shape index (κ1) is 25.7. The van der Waals surface area contributed by atoms with Gasteiger partial charge >= 0.3 is 0 Å². The first-order chi connectivity index (χ1) is 17.3. The number of nitrogens with one attached hydrogen (secondary N) is 2. The van der Waals surface area contributed by atoms with E-state index in [4.69, 9.17) is 9.47 Å². The Morgan fingerprint density at radius 2 is 1.89 bits per heavy atom. The van der Waals surface area contributed by atoms with Crippen molar-refractivity contribution in [3.63, 3.8) is 0 Å². The predicted molar refractivity (Wildman–Crippen MR) is 137 cm³/mol. The van der Waals surface area contributed by atoms with Crippen molar-refractivity contribution in [1.29, 1.82) is 0 Å². The molecule has 0 aliphatic carbocycles. The second-order valence-corrected chi connectivity index (χ2v) is 9.81. The third kappa shape index (κ3) is 6.23. The average Bonchev–Trinajstić information content (AvgIpc) is 2.87. The summed E-state index contributed by atoms with van der Waals surface area (Å²) in [6, 6.07) is 15.0. The summed E-state index contributed by atoms with van der Waals surface area (Å²) < 4.78 is 12.3. The van der Waals surface area contributed by atoms with Crippen LogP contribution in [0.15, 0.2) is 48.5 Å². The highest BCUT2D eigenvalue weighted by molar-refractivity contribution is 6.00. The van der Waals surface area contributed by atoms with Crippen molar-refractivity contribution < 1.29 is 23.9 Å². The van der Waals surface area contributed by atoms with Crippen LogP contribution in [0, 0.1) is 5.92 Å². The van der Waals surface area contributed by atoms with Gasteiger partial charge in [-0.25, -0.2) is 0 Å². The molecule has 2 heterocycles. The molecule has 0 radical (unpaired) electrons. The lowest BCUT2D eigenvalue weighted by molar-refractivity contribution is -0.134. The van der Waals surface area contributed by atoms with Crippen LogP contribution in [0.2, 0.25) is 0 Å². The molecule has 4 rings (SSSR count). The highest BCUT2D eigenvalue weighted by Crippen LogP contribution is 2.32. The Morgan fingerprint density at radius 1 is 1.11 bits per heavy atom. The number of fused-ring (bicyclic) bond motifs is 2. The van der Waals surface area contributed by atoms with Gasteiger partial charge < -0.3 is 25.0 Å². The molecule has 2 aliphatic heterocycles. The Balaban J connectivity index is 1.35.